The molecule has 0 saturated heterocycles. The second-order valence-electron chi connectivity index (χ2n) is 4.38. The highest BCUT2D eigenvalue weighted by Crippen LogP contribution is 2.29. The summed E-state index contributed by atoms with van der Waals surface area (Å²) in [6, 6.07) is 12.6. The lowest BCUT2D eigenvalue weighted by Gasteiger charge is -2.14. The molecular weight excluding hydrogens is 274 g/mol. The fourth-order valence-corrected chi connectivity index (χ4v) is 2.46. The van der Waals surface area contributed by atoms with Crippen molar-refractivity contribution in [2.75, 3.05) is 5.32 Å². The van der Waals surface area contributed by atoms with Gasteiger partial charge in [-0.15, -0.1) is 0 Å². The number of hydrogen-bond donors (Lipinski definition) is 1. The molecule has 88 valence electrons. The average molecular weight is 290 g/mol. The first-order valence-electron chi connectivity index (χ1n) is 5.67. The van der Waals surface area contributed by atoms with Crippen LogP contribution in [0.15, 0.2) is 40.9 Å². The van der Waals surface area contributed by atoms with Gasteiger partial charge in [0.25, 0.3) is 0 Å². The normalized spacial score (nSPS) is 10.4. The molecule has 0 fully saturated rings. The van der Waals surface area contributed by atoms with E-state index in [2.05, 4.69) is 60.2 Å². The van der Waals surface area contributed by atoms with Crippen LogP contribution in [0.5, 0.6) is 0 Å². The Morgan fingerprint density at radius 1 is 0.941 bits per heavy atom. The first kappa shape index (κ1) is 12.2. The SMILES string of the molecule is Cc1cc(C)c(Nc2ccccc2Br)c(C)c1. The predicted octanol–water partition coefficient (Wildman–Crippen LogP) is 5.12. The van der Waals surface area contributed by atoms with Crippen LogP contribution in [0.25, 0.3) is 0 Å². The molecule has 0 aliphatic carbocycles. The summed E-state index contributed by atoms with van der Waals surface area (Å²) in [6.07, 6.45) is 0. The Hall–Kier alpha value is -1.28. The highest BCUT2D eigenvalue weighted by molar-refractivity contribution is 9.10. The van der Waals surface area contributed by atoms with Crippen LogP contribution < -0.4 is 5.32 Å². The zero-order valence-corrected chi connectivity index (χ0v) is 11.9. The number of anilines is 2. The summed E-state index contributed by atoms with van der Waals surface area (Å²) in [4.78, 5) is 0. The van der Waals surface area contributed by atoms with Gasteiger partial charge in [0.2, 0.25) is 0 Å². The first-order chi connectivity index (χ1) is 8.08. The third-order valence-corrected chi connectivity index (χ3v) is 3.50. The highest BCUT2D eigenvalue weighted by Gasteiger charge is 2.05. The van der Waals surface area contributed by atoms with E-state index in [0.29, 0.717) is 0 Å². The first-order valence-corrected chi connectivity index (χ1v) is 6.46. The van der Waals surface area contributed by atoms with Crippen molar-refractivity contribution >= 4 is 27.3 Å². The molecule has 0 aliphatic rings. The summed E-state index contributed by atoms with van der Waals surface area (Å²) in [5.41, 5.74) is 6.15. The Morgan fingerprint density at radius 3 is 2.12 bits per heavy atom. The Balaban J connectivity index is 2.40. The molecule has 2 aromatic rings. The van der Waals surface area contributed by atoms with Gasteiger partial charge in [0.1, 0.15) is 0 Å². The van der Waals surface area contributed by atoms with E-state index in [0.717, 1.165) is 10.2 Å². The molecule has 0 unspecified atom stereocenters. The summed E-state index contributed by atoms with van der Waals surface area (Å²) < 4.78 is 1.08. The fraction of sp³-hybridized carbons (Fsp3) is 0.200. The topological polar surface area (TPSA) is 12.0 Å². The van der Waals surface area contributed by atoms with Crippen LogP contribution in [0.4, 0.5) is 11.4 Å². The fourth-order valence-electron chi connectivity index (χ4n) is 2.07. The van der Waals surface area contributed by atoms with E-state index in [1.165, 1.54) is 22.4 Å². The molecule has 0 atom stereocenters. The van der Waals surface area contributed by atoms with E-state index in [-0.39, 0.29) is 0 Å². The van der Waals surface area contributed by atoms with Crippen molar-refractivity contribution < 1.29 is 0 Å². The van der Waals surface area contributed by atoms with Crippen molar-refractivity contribution in [3.05, 3.63) is 57.6 Å². The largest absolute Gasteiger partial charge is 0.354 e. The molecule has 2 heteroatoms. The monoisotopic (exact) mass is 289 g/mol. The summed E-state index contributed by atoms with van der Waals surface area (Å²) in [7, 11) is 0. The van der Waals surface area contributed by atoms with Gasteiger partial charge in [-0.05, 0) is 60.0 Å². The van der Waals surface area contributed by atoms with Crippen molar-refractivity contribution in [3.63, 3.8) is 0 Å². The maximum absolute atomic E-state index is 3.55. The third-order valence-electron chi connectivity index (χ3n) is 2.81. The Morgan fingerprint density at radius 2 is 1.53 bits per heavy atom. The third kappa shape index (κ3) is 2.70. The van der Waals surface area contributed by atoms with E-state index < -0.39 is 0 Å². The van der Waals surface area contributed by atoms with Gasteiger partial charge in [-0.1, -0.05) is 29.8 Å². The van der Waals surface area contributed by atoms with Crippen molar-refractivity contribution in [1.82, 2.24) is 0 Å². The Kier molecular flexibility index (Phi) is 3.53. The lowest BCUT2D eigenvalue weighted by atomic mass is 10.0. The van der Waals surface area contributed by atoms with Crippen LogP contribution >= 0.6 is 15.9 Å². The Bertz CT molecular complexity index is 523. The van der Waals surface area contributed by atoms with Crippen LogP contribution in [0.1, 0.15) is 16.7 Å². The summed E-state index contributed by atoms with van der Waals surface area (Å²) in [5.74, 6) is 0. The second kappa shape index (κ2) is 4.92. The van der Waals surface area contributed by atoms with E-state index >= 15 is 0 Å². The number of halogens is 1. The minimum atomic E-state index is 1.08. The highest BCUT2D eigenvalue weighted by atomic mass is 79.9. The zero-order valence-electron chi connectivity index (χ0n) is 10.3. The average Bonchev–Trinajstić information content (AvgIpc) is 2.25. The molecule has 0 aliphatic heterocycles. The molecule has 1 N–H and O–H groups in total. The molecule has 0 radical (unpaired) electrons. The summed E-state index contributed by atoms with van der Waals surface area (Å²) in [6.45, 7) is 6.40. The molecule has 17 heavy (non-hydrogen) atoms. The maximum atomic E-state index is 3.55. The van der Waals surface area contributed by atoms with Crippen molar-refractivity contribution in [3.8, 4) is 0 Å². The minimum absolute atomic E-state index is 1.08. The number of rotatable bonds is 2. The van der Waals surface area contributed by atoms with Gasteiger partial charge >= 0.3 is 0 Å². The van der Waals surface area contributed by atoms with Gasteiger partial charge in [-0.3, -0.25) is 0 Å². The quantitative estimate of drug-likeness (QED) is 0.809. The van der Waals surface area contributed by atoms with Gasteiger partial charge < -0.3 is 5.32 Å². The number of benzene rings is 2. The van der Waals surface area contributed by atoms with E-state index in [1.807, 2.05) is 18.2 Å². The van der Waals surface area contributed by atoms with E-state index in [1.54, 1.807) is 0 Å². The molecular formula is C15H16BrN. The van der Waals surface area contributed by atoms with Crippen molar-refractivity contribution in [2.45, 2.75) is 20.8 Å². The molecule has 1 nitrogen and oxygen atoms in total. The van der Waals surface area contributed by atoms with Gasteiger partial charge in [0.15, 0.2) is 0 Å². The predicted molar refractivity (Wildman–Crippen MR) is 78.1 cm³/mol. The number of aryl methyl sites for hydroxylation is 3. The second-order valence-corrected chi connectivity index (χ2v) is 5.23. The molecule has 0 amide bonds. The van der Waals surface area contributed by atoms with Crippen LogP contribution in [0, 0.1) is 20.8 Å². The molecule has 0 aromatic heterocycles. The maximum Gasteiger partial charge on any atom is 0.0528 e. The number of para-hydroxylation sites is 1. The molecule has 0 heterocycles. The lowest BCUT2D eigenvalue weighted by Crippen LogP contribution is -1.97. The lowest BCUT2D eigenvalue weighted by molar-refractivity contribution is 1.31. The van der Waals surface area contributed by atoms with Gasteiger partial charge in [-0.2, -0.15) is 0 Å². The van der Waals surface area contributed by atoms with Crippen molar-refractivity contribution in [2.24, 2.45) is 0 Å². The van der Waals surface area contributed by atoms with Gasteiger partial charge in [0, 0.05) is 10.2 Å². The van der Waals surface area contributed by atoms with Gasteiger partial charge in [0.05, 0.1) is 5.69 Å². The molecule has 2 rings (SSSR count). The minimum Gasteiger partial charge on any atom is -0.354 e. The van der Waals surface area contributed by atoms with Crippen LogP contribution in [0.2, 0.25) is 0 Å². The van der Waals surface area contributed by atoms with Gasteiger partial charge in [-0.25, -0.2) is 0 Å². The number of hydrogen-bond acceptors (Lipinski definition) is 1. The summed E-state index contributed by atoms with van der Waals surface area (Å²) >= 11 is 3.55. The number of nitrogens with one attached hydrogen (secondary N) is 1. The smallest absolute Gasteiger partial charge is 0.0528 e. The van der Waals surface area contributed by atoms with E-state index in [9.17, 15) is 0 Å². The van der Waals surface area contributed by atoms with E-state index in [4.69, 9.17) is 0 Å². The van der Waals surface area contributed by atoms with Crippen LogP contribution in [-0.4, -0.2) is 0 Å². The Labute approximate surface area is 111 Å². The summed E-state index contributed by atoms with van der Waals surface area (Å²) in [5, 5.41) is 3.49. The molecule has 0 bridgehead atoms. The van der Waals surface area contributed by atoms with Crippen LogP contribution in [0.3, 0.4) is 0 Å². The zero-order chi connectivity index (χ0) is 12.4. The molecule has 0 saturated carbocycles. The molecule has 0 spiro atoms. The standard InChI is InChI=1S/C15H16BrN/c1-10-8-11(2)15(12(3)9-10)17-14-7-5-4-6-13(14)16/h4-9,17H,1-3H3. The van der Waals surface area contributed by atoms with Crippen LogP contribution in [-0.2, 0) is 0 Å². The van der Waals surface area contributed by atoms with Crippen molar-refractivity contribution in [1.29, 1.82) is 0 Å². The molecule has 2 aromatic carbocycles.